The van der Waals surface area contributed by atoms with Gasteiger partial charge in [-0.25, -0.2) is 0 Å². The number of ether oxygens (including phenoxy) is 1. The lowest BCUT2D eigenvalue weighted by atomic mass is 9.97. The van der Waals surface area contributed by atoms with E-state index in [2.05, 4.69) is 15.1 Å². The molecule has 3 aliphatic rings. The third-order valence-corrected chi connectivity index (χ3v) is 6.19. The lowest BCUT2D eigenvalue weighted by Crippen LogP contribution is -2.34. The highest BCUT2D eigenvalue weighted by Crippen LogP contribution is 2.40. The fourth-order valence-corrected chi connectivity index (χ4v) is 4.32. The molecule has 0 spiro atoms. The van der Waals surface area contributed by atoms with Gasteiger partial charge in [-0.15, -0.1) is 10.2 Å². The average molecular weight is 375 g/mol. The van der Waals surface area contributed by atoms with Gasteiger partial charge in [-0.2, -0.15) is 0 Å². The first-order valence-electron chi connectivity index (χ1n) is 9.50. The zero-order valence-corrected chi connectivity index (χ0v) is 15.4. The van der Waals surface area contributed by atoms with Crippen LogP contribution < -0.4 is 10.5 Å². The van der Waals surface area contributed by atoms with Crippen LogP contribution in [0.2, 0.25) is 5.02 Å². The molecule has 2 aromatic rings. The Hall–Kier alpha value is -1.79. The summed E-state index contributed by atoms with van der Waals surface area (Å²) >= 11 is 6.10. The molecule has 7 heteroatoms. The predicted octanol–water partition coefficient (Wildman–Crippen LogP) is 3.71. The Balaban J connectivity index is 1.28. The Morgan fingerprint density at radius 1 is 1.04 bits per heavy atom. The van der Waals surface area contributed by atoms with Crippen LogP contribution >= 0.6 is 11.6 Å². The first-order chi connectivity index (χ1) is 12.7. The third kappa shape index (κ3) is 2.95. The maximum atomic E-state index is 6.10. The summed E-state index contributed by atoms with van der Waals surface area (Å²) in [4.78, 5) is 2.60. The summed E-state index contributed by atoms with van der Waals surface area (Å²) in [6.07, 6.45) is 6.28. The van der Waals surface area contributed by atoms with E-state index in [1.54, 1.807) is 6.07 Å². The van der Waals surface area contributed by atoms with Crippen molar-refractivity contribution in [2.75, 3.05) is 18.8 Å². The number of hydrogen-bond donors (Lipinski definition) is 1. The lowest BCUT2D eigenvalue weighted by Gasteiger charge is -2.30. The molecule has 6 nitrogen and oxygen atoms in total. The number of hydrogen-bond acceptors (Lipinski definition) is 6. The molecule has 1 saturated carbocycles. The van der Waals surface area contributed by atoms with Gasteiger partial charge in [0.1, 0.15) is 5.75 Å². The zero-order valence-electron chi connectivity index (χ0n) is 14.7. The minimum absolute atomic E-state index is 0.212. The second kappa shape index (κ2) is 6.43. The van der Waals surface area contributed by atoms with Crippen LogP contribution in [0, 0.1) is 0 Å². The van der Waals surface area contributed by atoms with Crippen LogP contribution in [0.1, 0.15) is 61.5 Å². The van der Waals surface area contributed by atoms with Crippen LogP contribution in [-0.2, 0) is 6.42 Å². The first-order valence-corrected chi connectivity index (χ1v) is 9.87. The van der Waals surface area contributed by atoms with Crippen molar-refractivity contribution in [2.24, 2.45) is 0 Å². The standard InChI is InChI=1S/C19H23ClN4O2/c20-14-4-6-15-13(17(14)21)3-5-16(25-15)19-23-22-18(26-19)11-7-9-24(10-8-11)12-1-2-12/h4,6,11-12,16H,1-3,5,7-10,21H2. The normalized spacial score (nSPS) is 24.3. The van der Waals surface area contributed by atoms with E-state index in [1.807, 2.05) is 6.07 Å². The predicted molar refractivity (Wildman–Crippen MR) is 98.4 cm³/mol. The van der Waals surface area contributed by atoms with Crippen molar-refractivity contribution in [3.8, 4) is 5.75 Å². The van der Waals surface area contributed by atoms with E-state index in [1.165, 1.54) is 12.8 Å². The molecule has 0 amide bonds. The summed E-state index contributed by atoms with van der Waals surface area (Å²) in [5.41, 5.74) is 7.64. The second-order valence-corrected chi connectivity index (χ2v) is 8.01. The summed E-state index contributed by atoms with van der Waals surface area (Å²) in [7, 11) is 0. The highest BCUT2D eigenvalue weighted by Gasteiger charge is 2.34. The number of anilines is 1. The Kier molecular flexibility index (Phi) is 4.05. The van der Waals surface area contributed by atoms with Crippen molar-refractivity contribution in [1.29, 1.82) is 0 Å². The number of fused-ring (bicyclic) bond motifs is 1. The summed E-state index contributed by atoms with van der Waals surface area (Å²) in [6, 6.07) is 4.47. The van der Waals surface area contributed by atoms with E-state index in [0.29, 0.717) is 22.5 Å². The fourth-order valence-electron chi connectivity index (χ4n) is 4.14. The molecule has 2 N–H and O–H groups in total. The van der Waals surface area contributed by atoms with Gasteiger partial charge in [0.15, 0.2) is 6.10 Å². The quantitative estimate of drug-likeness (QED) is 0.825. The summed E-state index contributed by atoms with van der Waals surface area (Å²) in [5, 5.41) is 9.18. The van der Waals surface area contributed by atoms with E-state index < -0.39 is 0 Å². The monoisotopic (exact) mass is 374 g/mol. The summed E-state index contributed by atoms with van der Waals surface area (Å²) in [6.45, 7) is 2.28. The van der Waals surface area contributed by atoms with E-state index >= 15 is 0 Å². The molecule has 26 heavy (non-hydrogen) atoms. The van der Waals surface area contributed by atoms with Crippen molar-refractivity contribution in [1.82, 2.24) is 15.1 Å². The molecule has 1 aromatic carbocycles. The Morgan fingerprint density at radius 3 is 2.58 bits per heavy atom. The SMILES string of the molecule is Nc1c(Cl)ccc2c1CCC(c1nnc(C3CCN(C4CC4)CC3)o1)O2. The Labute approximate surface area is 157 Å². The van der Waals surface area contributed by atoms with Gasteiger partial charge in [-0.3, -0.25) is 0 Å². The maximum Gasteiger partial charge on any atom is 0.257 e. The van der Waals surface area contributed by atoms with Crippen molar-refractivity contribution >= 4 is 17.3 Å². The largest absolute Gasteiger partial charge is 0.480 e. The van der Waals surface area contributed by atoms with Gasteiger partial charge in [0.05, 0.1) is 10.7 Å². The molecule has 5 rings (SSSR count). The van der Waals surface area contributed by atoms with Crippen LogP contribution in [0.5, 0.6) is 5.75 Å². The van der Waals surface area contributed by atoms with E-state index in [9.17, 15) is 0 Å². The van der Waals surface area contributed by atoms with Gasteiger partial charge in [-0.1, -0.05) is 11.6 Å². The van der Waals surface area contributed by atoms with Gasteiger partial charge < -0.3 is 19.8 Å². The van der Waals surface area contributed by atoms with Crippen molar-refractivity contribution < 1.29 is 9.15 Å². The maximum absolute atomic E-state index is 6.10. The molecule has 1 atom stereocenters. The third-order valence-electron chi connectivity index (χ3n) is 5.86. The number of rotatable bonds is 3. The molecule has 2 aliphatic heterocycles. The first kappa shape index (κ1) is 16.4. The number of nitrogens with two attached hydrogens (primary N) is 1. The fraction of sp³-hybridized carbons (Fsp3) is 0.579. The Morgan fingerprint density at radius 2 is 1.81 bits per heavy atom. The van der Waals surface area contributed by atoms with Crippen LogP contribution in [0.4, 0.5) is 5.69 Å². The molecule has 1 unspecified atom stereocenters. The van der Waals surface area contributed by atoms with Crippen LogP contribution in [0.3, 0.4) is 0 Å². The van der Waals surface area contributed by atoms with Gasteiger partial charge in [0, 0.05) is 17.5 Å². The average Bonchev–Trinajstić information content (AvgIpc) is 3.41. The number of nitrogens with zero attached hydrogens (tertiary/aromatic N) is 3. The van der Waals surface area contributed by atoms with Crippen molar-refractivity contribution in [2.45, 2.75) is 56.6 Å². The summed E-state index contributed by atoms with van der Waals surface area (Å²) < 4.78 is 12.1. The smallest absolute Gasteiger partial charge is 0.257 e. The number of benzene rings is 1. The molecule has 0 bridgehead atoms. The minimum atomic E-state index is -0.212. The second-order valence-electron chi connectivity index (χ2n) is 7.60. The van der Waals surface area contributed by atoms with E-state index in [-0.39, 0.29) is 6.10 Å². The molecule has 1 aliphatic carbocycles. The molecular formula is C19H23ClN4O2. The topological polar surface area (TPSA) is 77.4 Å². The van der Waals surface area contributed by atoms with Crippen molar-refractivity contribution in [3.05, 3.63) is 34.5 Å². The molecule has 2 fully saturated rings. The molecular weight excluding hydrogens is 352 g/mol. The highest BCUT2D eigenvalue weighted by atomic mass is 35.5. The number of likely N-dealkylation sites (tertiary alicyclic amines) is 1. The highest BCUT2D eigenvalue weighted by molar-refractivity contribution is 6.33. The van der Waals surface area contributed by atoms with Gasteiger partial charge in [-0.05, 0) is 63.7 Å². The van der Waals surface area contributed by atoms with Gasteiger partial charge in [0.2, 0.25) is 5.89 Å². The summed E-state index contributed by atoms with van der Waals surface area (Å²) in [5.74, 6) is 2.47. The molecule has 1 saturated heterocycles. The van der Waals surface area contributed by atoms with E-state index in [4.69, 9.17) is 26.5 Å². The zero-order chi connectivity index (χ0) is 17.7. The molecule has 3 heterocycles. The number of nitrogen functional groups attached to an aromatic ring is 1. The van der Waals surface area contributed by atoms with Gasteiger partial charge in [0.25, 0.3) is 5.89 Å². The van der Waals surface area contributed by atoms with Gasteiger partial charge >= 0.3 is 0 Å². The van der Waals surface area contributed by atoms with Crippen molar-refractivity contribution in [3.63, 3.8) is 0 Å². The molecule has 0 radical (unpaired) electrons. The lowest BCUT2D eigenvalue weighted by molar-refractivity contribution is 0.138. The van der Waals surface area contributed by atoms with Crippen LogP contribution in [-0.4, -0.2) is 34.2 Å². The van der Waals surface area contributed by atoms with Crippen LogP contribution in [0.25, 0.3) is 0 Å². The van der Waals surface area contributed by atoms with Crippen LogP contribution in [0.15, 0.2) is 16.5 Å². The minimum Gasteiger partial charge on any atom is -0.480 e. The number of halogens is 1. The molecule has 1 aromatic heterocycles. The Bertz CT molecular complexity index is 812. The number of aromatic nitrogens is 2. The molecule has 138 valence electrons. The van der Waals surface area contributed by atoms with E-state index in [0.717, 1.165) is 62.0 Å². The number of piperidine rings is 1.